The van der Waals surface area contributed by atoms with E-state index in [1.807, 2.05) is 12.3 Å². The van der Waals surface area contributed by atoms with Gasteiger partial charge in [0.05, 0.1) is 6.54 Å². The molecule has 0 saturated carbocycles. The summed E-state index contributed by atoms with van der Waals surface area (Å²) in [6, 6.07) is 7.67. The molecule has 0 aliphatic rings. The third-order valence-electron chi connectivity index (χ3n) is 2.88. The van der Waals surface area contributed by atoms with Crippen LogP contribution in [0.4, 0.5) is 10.1 Å². The van der Waals surface area contributed by atoms with E-state index >= 15 is 0 Å². The second kappa shape index (κ2) is 7.02. The first kappa shape index (κ1) is 15.2. The molecule has 2 rings (SSSR count). The van der Waals surface area contributed by atoms with E-state index in [1.54, 1.807) is 23.1 Å². The summed E-state index contributed by atoms with van der Waals surface area (Å²) < 4.78 is 13.0. The molecule has 2 aromatic rings. The molecular formula is C16H15FN2OS. The van der Waals surface area contributed by atoms with Gasteiger partial charge in [0.1, 0.15) is 10.7 Å². The molecule has 1 aromatic carbocycles. The SMILES string of the molecule is CCN(C(=O)c1sccc1C#CCN)c1ccc(F)cc1. The van der Waals surface area contributed by atoms with E-state index < -0.39 is 0 Å². The van der Waals surface area contributed by atoms with Crippen molar-refractivity contribution >= 4 is 22.9 Å². The van der Waals surface area contributed by atoms with Crippen molar-refractivity contribution in [1.29, 1.82) is 0 Å². The Balaban J connectivity index is 2.33. The molecule has 0 atom stereocenters. The van der Waals surface area contributed by atoms with Gasteiger partial charge < -0.3 is 10.6 Å². The lowest BCUT2D eigenvalue weighted by molar-refractivity contribution is 0.0992. The molecule has 1 heterocycles. The molecule has 0 radical (unpaired) electrons. The minimum atomic E-state index is -0.326. The predicted molar refractivity (Wildman–Crippen MR) is 84.0 cm³/mol. The maximum absolute atomic E-state index is 13.0. The smallest absolute Gasteiger partial charge is 0.269 e. The van der Waals surface area contributed by atoms with Gasteiger partial charge in [-0.15, -0.1) is 11.3 Å². The van der Waals surface area contributed by atoms with Crippen LogP contribution in [0.5, 0.6) is 0 Å². The van der Waals surface area contributed by atoms with Gasteiger partial charge in [0.2, 0.25) is 0 Å². The number of thiophene rings is 1. The average molecular weight is 302 g/mol. The van der Waals surface area contributed by atoms with E-state index in [4.69, 9.17) is 5.73 Å². The molecule has 5 heteroatoms. The number of amides is 1. The standard InChI is InChI=1S/C16H15FN2OS/c1-2-19(14-7-5-13(17)6-8-14)16(20)15-12(4-3-10-18)9-11-21-15/h5-9,11H,2,10,18H2,1H3. The fourth-order valence-corrected chi connectivity index (χ4v) is 2.70. The number of nitrogens with zero attached hydrogens (tertiary/aromatic N) is 1. The molecule has 21 heavy (non-hydrogen) atoms. The summed E-state index contributed by atoms with van der Waals surface area (Å²) in [5.74, 6) is 5.19. The van der Waals surface area contributed by atoms with Crippen LogP contribution in [0.2, 0.25) is 0 Å². The summed E-state index contributed by atoms with van der Waals surface area (Å²) >= 11 is 1.34. The summed E-state index contributed by atoms with van der Waals surface area (Å²) in [6.07, 6.45) is 0. The van der Waals surface area contributed by atoms with Crippen molar-refractivity contribution < 1.29 is 9.18 Å². The van der Waals surface area contributed by atoms with Crippen LogP contribution in [0.3, 0.4) is 0 Å². The Morgan fingerprint density at radius 1 is 1.33 bits per heavy atom. The van der Waals surface area contributed by atoms with Crippen molar-refractivity contribution in [3.8, 4) is 11.8 Å². The van der Waals surface area contributed by atoms with E-state index in [0.717, 1.165) is 0 Å². The monoisotopic (exact) mass is 302 g/mol. The molecule has 0 saturated heterocycles. The first-order valence-electron chi connectivity index (χ1n) is 6.51. The van der Waals surface area contributed by atoms with Gasteiger partial charge in [-0.2, -0.15) is 0 Å². The van der Waals surface area contributed by atoms with Gasteiger partial charge in [-0.3, -0.25) is 4.79 Å². The molecule has 0 aliphatic carbocycles. The zero-order valence-electron chi connectivity index (χ0n) is 11.6. The van der Waals surface area contributed by atoms with E-state index in [0.29, 0.717) is 22.7 Å². The van der Waals surface area contributed by atoms with Crippen LogP contribution in [0.25, 0.3) is 0 Å². The van der Waals surface area contributed by atoms with Crippen molar-refractivity contribution in [2.24, 2.45) is 5.73 Å². The van der Waals surface area contributed by atoms with E-state index in [-0.39, 0.29) is 18.3 Å². The Hall–Kier alpha value is -2.16. The normalized spacial score (nSPS) is 9.86. The van der Waals surface area contributed by atoms with Crippen LogP contribution in [0.15, 0.2) is 35.7 Å². The molecule has 108 valence electrons. The quantitative estimate of drug-likeness (QED) is 0.886. The number of carbonyl (C=O) groups excluding carboxylic acids is 1. The number of carbonyl (C=O) groups is 1. The van der Waals surface area contributed by atoms with E-state index in [9.17, 15) is 9.18 Å². The second-order valence-electron chi connectivity index (χ2n) is 4.20. The van der Waals surface area contributed by atoms with Crippen LogP contribution < -0.4 is 10.6 Å². The molecule has 0 unspecified atom stereocenters. The Morgan fingerprint density at radius 3 is 2.67 bits per heavy atom. The second-order valence-corrected chi connectivity index (χ2v) is 5.11. The van der Waals surface area contributed by atoms with E-state index in [2.05, 4.69) is 11.8 Å². The maximum Gasteiger partial charge on any atom is 0.269 e. The van der Waals surface area contributed by atoms with Crippen molar-refractivity contribution in [3.63, 3.8) is 0 Å². The van der Waals surface area contributed by atoms with Crippen molar-refractivity contribution in [2.45, 2.75) is 6.92 Å². The topological polar surface area (TPSA) is 46.3 Å². The minimum Gasteiger partial charge on any atom is -0.320 e. The summed E-state index contributed by atoms with van der Waals surface area (Å²) in [6.45, 7) is 2.62. The first-order chi connectivity index (χ1) is 10.2. The summed E-state index contributed by atoms with van der Waals surface area (Å²) in [7, 11) is 0. The lowest BCUT2D eigenvalue weighted by atomic mass is 10.2. The Labute approximate surface area is 127 Å². The van der Waals surface area contributed by atoms with Crippen LogP contribution in [-0.2, 0) is 0 Å². The van der Waals surface area contributed by atoms with Gasteiger partial charge >= 0.3 is 0 Å². The average Bonchev–Trinajstić information content (AvgIpc) is 2.96. The minimum absolute atomic E-state index is 0.138. The number of anilines is 1. The van der Waals surface area contributed by atoms with Crippen molar-refractivity contribution in [1.82, 2.24) is 0 Å². The largest absolute Gasteiger partial charge is 0.320 e. The number of rotatable bonds is 3. The zero-order valence-corrected chi connectivity index (χ0v) is 12.4. The fourth-order valence-electron chi connectivity index (χ4n) is 1.91. The van der Waals surface area contributed by atoms with Crippen LogP contribution >= 0.6 is 11.3 Å². The lowest BCUT2D eigenvalue weighted by Crippen LogP contribution is -2.30. The van der Waals surface area contributed by atoms with Gasteiger partial charge in [-0.1, -0.05) is 11.8 Å². The predicted octanol–water partition coefficient (Wildman–Crippen LogP) is 2.86. The molecular weight excluding hydrogens is 287 g/mol. The highest BCUT2D eigenvalue weighted by Gasteiger charge is 2.20. The highest BCUT2D eigenvalue weighted by atomic mass is 32.1. The molecule has 2 N–H and O–H groups in total. The number of halogens is 1. The highest BCUT2D eigenvalue weighted by Crippen LogP contribution is 2.22. The van der Waals surface area contributed by atoms with Crippen molar-refractivity contribution in [3.05, 3.63) is 52.0 Å². The molecule has 0 bridgehead atoms. The molecule has 1 aromatic heterocycles. The number of nitrogens with two attached hydrogens (primary N) is 1. The third-order valence-corrected chi connectivity index (χ3v) is 3.79. The van der Waals surface area contributed by atoms with Crippen molar-refractivity contribution in [2.75, 3.05) is 18.0 Å². The third kappa shape index (κ3) is 3.48. The zero-order chi connectivity index (χ0) is 15.2. The molecule has 0 spiro atoms. The first-order valence-corrected chi connectivity index (χ1v) is 7.39. The Bertz CT molecular complexity index is 682. The van der Waals surface area contributed by atoms with Crippen LogP contribution in [0, 0.1) is 17.7 Å². The number of hydrogen-bond donors (Lipinski definition) is 1. The summed E-state index contributed by atoms with van der Waals surface area (Å²) in [5, 5.41) is 1.83. The van der Waals surface area contributed by atoms with Gasteiger partial charge in [-0.25, -0.2) is 4.39 Å². The molecule has 0 aliphatic heterocycles. The summed E-state index contributed by atoms with van der Waals surface area (Å²) in [5.41, 5.74) is 6.70. The Morgan fingerprint density at radius 2 is 2.05 bits per heavy atom. The Kier molecular flexibility index (Phi) is 5.09. The molecule has 1 amide bonds. The van der Waals surface area contributed by atoms with Gasteiger partial charge in [-0.05, 0) is 42.6 Å². The summed E-state index contributed by atoms with van der Waals surface area (Å²) in [4.78, 5) is 14.8. The highest BCUT2D eigenvalue weighted by molar-refractivity contribution is 7.12. The van der Waals surface area contributed by atoms with Gasteiger partial charge in [0, 0.05) is 17.8 Å². The van der Waals surface area contributed by atoms with Crippen LogP contribution in [0.1, 0.15) is 22.2 Å². The fraction of sp³-hybridized carbons (Fsp3) is 0.188. The molecule has 0 fully saturated rings. The molecule has 3 nitrogen and oxygen atoms in total. The maximum atomic E-state index is 13.0. The number of benzene rings is 1. The number of hydrogen-bond acceptors (Lipinski definition) is 3. The van der Waals surface area contributed by atoms with Crippen LogP contribution in [-0.4, -0.2) is 19.0 Å². The van der Waals surface area contributed by atoms with Gasteiger partial charge in [0.25, 0.3) is 5.91 Å². The van der Waals surface area contributed by atoms with E-state index in [1.165, 1.54) is 23.5 Å². The van der Waals surface area contributed by atoms with Gasteiger partial charge in [0.15, 0.2) is 0 Å². The lowest BCUT2D eigenvalue weighted by Gasteiger charge is -2.20.